The molecule has 0 atom stereocenters. The molecule has 1 fully saturated rings. The van der Waals surface area contributed by atoms with Gasteiger partial charge < -0.3 is 15.3 Å². The number of carboxylic acid groups (broad SMARTS) is 1. The molecular formula is C14H15N3O3. The second-order valence-corrected chi connectivity index (χ2v) is 4.61. The number of benzene rings is 1. The molecule has 0 unspecified atom stereocenters. The number of anilines is 2. The van der Waals surface area contributed by atoms with E-state index in [1.54, 1.807) is 18.2 Å². The number of hydrogen-bond acceptors (Lipinski definition) is 4. The highest BCUT2D eigenvalue weighted by molar-refractivity contribution is 5.98. The van der Waals surface area contributed by atoms with Crippen LogP contribution in [-0.2, 0) is 4.79 Å². The molecule has 0 spiro atoms. The fraction of sp³-hybridized carbons (Fsp3) is 0.357. The molecule has 1 heterocycles. The third-order valence-electron chi connectivity index (χ3n) is 3.20. The molecule has 1 saturated heterocycles. The number of rotatable bonds is 4. The highest BCUT2D eigenvalue weighted by Gasteiger charge is 2.19. The van der Waals surface area contributed by atoms with E-state index in [9.17, 15) is 14.7 Å². The lowest BCUT2D eigenvalue weighted by Gasteiger charge is -2.20. The van der Waals surface area contributed by atoms with Gasteiger partial charge in [0.1, 0.15) is 6.42 Å². The summed E-state index contributed by atoms with van der Waals surface area (Å²) in [6, 6.07) is 6.55. The van der Waals surface area contributed by atoms with Crippen LogP contribution in [0, 0.1) is 11.3 Å². The molecule has 1 aromatic rings. The summed E-state index contributed by atoms with van der Waals surface area (Å²) < 4.78 is 0. The largest absolute Gasteiger partial charge is 0.478 e. The molecule has 1 aliphatic rings. The summed E-state index contributed by atoms with van der Waals surface area (Å²) >= 11 is 0. The van der Waals surface area contributed by atoms with Gasteiger partial charge in [-0.1, -0.05) is 0 Å². The highest BCUT2D eigenvalue weighted by Crippen LogP contribution is 2.27. The number of nitrogens with zero attached hydrogens (tertiary/aromatic N) is 2. The molecule has 104 valence electrons. The summed E-state index contributed by atoms with van der Waals surface area (Å²) in [7, 11) is 0. The monoisotopic (exact) mass is 273 g/mol. The van der Waals surface area contributed by atoms with Crippen molar-refractivity contribution in [2.45, 2.75) is 19.3 Å². The van der Waals surface area contributed by atoms with Crippen molar-refractivity contribution in [1.29, 1.82) is 5.26 Å². The summed E-state index contributed by atoms with van der Waals surface area (Å²) in [6.45, 7) is 1.70. The van der Waals surface area contributed by atoms with Gasteiger partial charge in [0.15, 0.2) is 0 Å². The van der Waals surface area contributed by atoms with Crippen LogP contribution < -0.4 is 10.2 Å². The van der Waals surface area contributed by atoms with Crippen molar-refractivity contribution in [3.8, 4) is 6.07 Å². The van der Waals surface area contributed by atoms with E-state index in [0.717, 1.165) is 25.9 Å². The fourth-order valence-electron chi connectivity index (χ4n) is 2.30. The molecule has 6 nitrogen and oxygen atoms in total. The maximum Gasteiger partial charge on any atom is 0.337 e. The molecule has 0 radical (unpaired) electrons. The SMILES string of the molecule is N#CCC(=O)Nc1ccc(N2CCCC2)c(C(=O)O)c1. The van der Waals surface area contributed by atoms with Gasteiger partial charge in [0, 0.05) is 18.8 Å². The minimum absolute atomic E-state index is 0.168. The van der Waals surface area contributed by atoms with Crippen molar-refractivity contribution in [3.05, 3.63) is 23.8 Å². The Labute approximate surface area is 116 Å². The lowest BCUT2D eigenvalue weighted by Crippen LogP contribution is -2.21. The van der Waals surface area contributed by atoms with Crippen LogP contribution in [0.2, 0.25) is 0 Å². The van der Waals surface area contributed by atoms with Crippen LogP contribution >= 0.6 is 0 Å². The zero-order valence-corrected chi connectivity index (χ0v) is 10.9. The predicted octanol–water partition coefficient (Wildman–Crippen LogP) is 1.84. The van der Waals surface area contributed by atoms with Gasteiger partial charge in [0.05, 0.1) is 17.3 Å². The number of carbonyl (C=O) groups excluding carboxylic acids is 1. The lowest BCUT2D eigenvalue weighted by atomic mass is 10.1. The van der Waals surface area contributed by atoms with Crippen LogP contribution in [0.4, 0.5) is 11.4 Å². The van der Waals surface area contributed by atoms with Crippen molar-refractivity contribution in [2.75, 3.05) is 23.3 Å². The molecule has 1 amide bonds. The van der Waals surface area contributed by atoms with Crippen molar-refractivity contribution in [1.82, 2.24) is 0 Å². The molecule has 2 N–H and O–H groups in total. The van der Waals surface area contributed by atoms with Gasteiger partial charge in [-0.15, -0.1) is 0 Å². The van der Waals surface area contributed by atoms with Crippen LogP contribution in [0.15, 0.2) is 18.2 Å². The zero-order valence-electron chi connectivity index (χ0n) is 10.9. The van der Waals surface area contributed by atoms with E-state index in [1.165, 1.54) is 6.07 Å². The fourth-order valence-corrected chi connectivity index (χ4v) is 2.30. The van der Waals surface area contributed by atoms with Gasteiger partial charge in [0.2, 0.25) is 5.91 Å². The van der Waals surface area contributed by atoms with Gasteiger partial charge in [-0.05, 0) is 31.0 Å². The number of aromatic carboxylic acids is 1. The maximum absolute atomic E-state index is 11.4. The first kappa shape index (κ1) is 13.9. The number of carbonyl (C=O) groups is 2. The van der Waals surface area contributed by atoms with Gasteiger partial charge >= 0.3 is 5.97 Å². The second kappa shape index (κ2) is 6.06. The van der Waals surface area contributed by atoms with Crippen molar-refractivity contribution < 1.29 is 14.7 Å². The number of nitrogens with one attached hydrogen (secondary N) is 1. The van der Waals surface area contributed by atoms with Crippen LogP contribution in [0.5, 0.6) is 0 Å². The van der Waals surface area contributed by atoms with Crippen molar-refractivity contribution in [2.24, 2.45) is 0 Å². The minimum atomic E-state index is -1.02. The molecule has 0 bridgehead atoms. The molecule has 1 aromatic carbocycles. The number of hydrogen-bond donors (Lipinski definition) is 2. The molecular weight excluding hydrogens is 258 g/mol. The third-order valence-corrected chi connectivity index (χ3v) is 3.20. The standard InChI is InChI=1S/C14H15N3O3/c15-6-5-13(18)16-10-3-4-12(11(9-10)14(19)20)17-7-1-2-8-17/h3-4,9H,1-2,5,7-8H2,(H,16,18)(H,19,20). The molecule has 6 heteroatoms. The van der Waals surface area contributed by atoms with Crippen molar-refractivity contribution in [3.63, 3.8) is 0 Å². The summed E-state index contributed by atoms with van der Waals surface area (Å²) in [6.07, 6.45) is 1.86. The molecule has 0 saturated carbocycles. The molecule has 2 rings (SSSR count). The summed E-state index contributed by atoms with van der Waals surface area (Å²) in [4.78, 5) is 24.7. The first-order valence-corrected chi connectivity index (χ1v) is 6.41. The average Bonchev–Trinajstić information content (AvgIpc) is 2.92. The van der Waals surface area contributed by atoms with Crippen LogP contribution in [-0.4, -0.2) is 30.1 Å². The van der Waals surface area contributed by atoms with Gasteiger partial charge in [-0.2, -0.15) is 5.26 Å². The normalized spacial score (nSPS) is 13.8. The minimum Gasteiger partial charge on any atom is -0.478 e. The summed E-state index contributed by atoms with van der Waals surface area (Å²) in [5.74, 6) is -1.47. The first-order valence-electron chi connectivity index (χ1n) is 6.41. The Kier molecular flexibility index (Phi) is 4.20. The van der Waals surface area contributed by atoms with Crippen LogP contribution in [0.1, 0.15) is 29.6 Å². The molecule has 1 aliphatic heterocycles. The lowest BCUT2D eigenvalue weighted by molar-refractivity contribution is -0.115. The number of carboxylic acids is 1. The van der Waals surface area contributed by atoms with E-state index < -0.39 is 11.9 Å². The van der Waals surface area contributed by atoms with E-state index in [-0.39, 0.29) is 12.0 Å². The van der Waals surface area contributed by atoms with E-state index in [0.29, 0.717) is 11.4 Å². The Morgan fingerprint density at radius 1 is 1.35 bits per heavy atom. The third kappa shape index (κ3) is 3.06. The average molecular weight is 273 g/mol. The maximum atomic E-state index is 11.4. The number of amides is 1. The second-order valence-electron chi connectivity index (χ2n) is 4.61. The number of nitriles is 1. The Hall–Kier alpha value is -2.55. The summed E-state index contributed by atoms with van der Waals surface area (Å²) in [5.41, 5.74) is 1.24. The van der Waals surface area contributed by atoms with Gasteiger partial charge in [0.25, 0.3) is 0 Å². The highest BCUT2D eigenvalue weighted by atomic mass is 16.4. The Balaban J connectivity index is 2.25. The van der Waals surface area contributed by atoms with Crippen LogP contribution in [0.3, 0.4) is 0 Å². The smallest absolute Gasteiger partial charge is 0.337 e. The molecule has 0 aliphatic carbocycles. The van der Waals surface area contributed by atoms with E-state index in [1.807, 2.05) is 4.90 Å². The quantitative estimate of drug-likeness (QED) is 0.873. The van der Waals surface area contributed by atoms with Crippen molar-refractivity contribution >= 4 is 23.3 Å². The molecule has 0 aromatic heterocycles. The zero-order chi connectivity index (χ0) is 14.5. The predicted molar refractivity (Wildman–Crippen MR) is 73.7 cm³/mol. The Bertz CT molecular complexity index is 572. The van der Waals surface area contributed by atoms with E-state index >= 15 is 0 Å². The first-order chi connectivity index (χ1) is 9.61. The van der Waals surface area contributed by atoms with Gasteiger partial charge in [-0.25, -0.2) is 4.79 Å². The van der Waals surface area contributed by atoms with E-state index in [2.05, 4.69) is 5.32 Å². The summed E-state index contributed by atoms with van der Waals surface area (Å²) in [5, 5.41) is 20.2. The Morgan fingerprint density at radius 3 is 2.65 bits per heavy atom. The molecule has 20 heavy (non-hydrogen) atoms. The Morgan fingerprint density at radius 2 is 2.05 bits per heavy atom. The van der Waals surface area contributed by atoms with Crippen LogP contribution in [0.25, 0.3) is 0 Å². The topological polar surface area (TPSA) is 93.4 Å². The van der Waals surface area contributed by atoms with E-state index in [4.69, 9.17) is 5.26 Å². The van der Waals surface area contributed by atoms with Gasteiger partial charge in [-0.3, -0.25) is 4.79 Å².